The minimum atomic E-state index is -5.08. The Labute approximate surface area is 243 Å². The summed E-state index contributed by atoms with van der Waals surface area (Å²) in [5.41, 5.74) is -1.90. The zero-order chi connectivity index (χ0) is 33.3. The van der Waals surface area contributed by atoms with Crippen molar-refractivity contribution < 1.29 is 63.7 Å². The van der Waals surface area contributed by atoms with Crippen molar-refractivity contribution in [1.29, 1.82) is 0 Å². The smallest absolute Gasteiger partial charge is 0.490 e. The zero-order valence-corrected chi connectivity index (χ0v) is 22.7. The Morgan fingerprint density at radius 2 is 1.41 bits per heavy atom. The summed E-state index contributed by atoms with van der Waals surface area (Å²) >= 11 is 0. The molecule has 240 valence electrons. The molecule has 0 spiro atoms. The number of carboxylic acids is 1. The first-order chi connectivity index (χ1) is 20.4. The Morgan fingerprint density at radius 1 is 0.864 bits per heavy atom. The second kappa shape index (κ2) is 14.7. The molecule has 0 bridgehead atoms. The van der Waals surface area contributed by atoms with E-state index in [1.165, 1.54) is 14.2 Å². The van der Waals surface area contributed by atoms with E-state index in [9.17, 15) is 44.3 Å². The molecular weight excluding hydrogens is 617 g/mol. The summed E-state index contributed by atoms with van der Waals surface area (Å²) in [5.74, 6) is -1.68. The quantitative estimate of drug-likeness (QED) is 0.246. The molecule has 0 fully saturated rings. The number of alkyl halides is 9. The molecule has 3 rings (SSSR count). The molecule has 0 saturated carbocycles. The number of nitrogens with zero attached hydrogens (tertiary/aromatic N) is 1. The first-order valence-electron chi connectivity index (χ1n) is 12.1. The number of carbonyl (C=O) groups excluding carboxylic acids is 1. The predicted molar refractivity (Wildman–Crippen MR) is 136 cm³/mol. The van der Waals surface area contributed by atoms with Gasteiger partial charge in [-0.05, 0) is 53.9 Å². The van der Waals surface area contributed by atoms with Crippen LogP contribution in [-0.4, -0.2) is 49.0 Å². The van der Waals surface area contributed by atoms with E-state index in [1.807, 2.05) is 0 Å². The Balaban J connectivity index is 0.000000860. The van der Waals surface area contributed by atoms with Crippen LogP contribution in [0.2, 0.25) is 0 Å². The van der Waals surface area contributed by atoms with E-state index in [4.69, 9.17) is 19.4 Å². The van der Waals surface area contributed by atoms with Crippen LogP contribution in [0.3, 0.4) is 0 Å². The van der Waals surface area contributed by atoms with Crippen LogP contribution in [0.25, 0.3) is 0 Å². The fourth-order valence-corrected chi connectivity index (χ4v) is 3.57. The van der Waals surface area contributed by atoms with Gasteiger partial charge in [0, 0.05) is 18.8 Å². The number of nitrogens with one attached hydrogen (secondary N) is 2. The second-order valence-electron chi connectivity index (χ2n) is 8.66. The van der Waals surface area contributed by atoms with Crippen molar-refractivity contribution in [2.45, 2.75) is 31.0 Å². The van der Waals surface area contributed by atoms with Crippen molar-refractivity contribution in [2.75, 3.05) is 20.8 Å². The zero-order valence-electron chi connectivity index (χ0n) is 22.7. The summed E-state index contributed by atoms with van der Waals surface area (Å²) in [7, 11) is 2.97. The van der Waals surface area contributed by atoms with E-state index >= 15 is 0 Å². The van der Waals surface area contributed by atoms with Gasteiger partial charge in [-0.15, -0.1) is 0 Å². The maximum Gasteiger partial charge on any atom is 0.490 e. The summed E-state index contributed by atoms with van der Waals surface area (Å²) in [6.45, 7) is 0.0935. The number of ether oxygens (including phenoxy) is 2. The number of hydrogen-bond donors (Lipinski definition) is 3. The van der Waals surface area contributed by atoms with Crippen LogP contribution in [0.5, 0.6) is 11.5 Å². The van der Waals surface area contributed by atoms with Crippen LogP contribution < -0.4 is 20.1 Å². The van der Waals surface area contributed by atoms with Crippen LogP contribution in [0, 0.1) is 0 Å². The lowest BCUT2D eigenvalue weighted by atomic mass is 9.98. The number of carbonyl (C=O) groups is 2. The van der Waals surface area contributed by atoms with E-state index < -0.39 is 53.4 Å². The molecule has 0 unspecified atom stereocenters. The number of urea groups is 1. The molecule has 0 radical (unpaired) electrons. The number of methoxy groups -OCH3 is 2. The lowest BCUT2D eigenvalue weighted by Crippen LogP contribution is -2.40. The highest BCUT2D eigenvalue weighted by molar-refractivity contribution is 5.75. The highest BCUT2D eigenvalue weighted by Gasteiger charge is 2.39. The molecular formula is C27H24F9N3O5. The van der Waals surface area contributed by atoms with Crippen LogP contribution in [-0.2, 0) is 23.6 Å². The third-order valence-electron chi connectivity index (χ3n) is 5.62. The Kier molecular flexibility index (Phi) is 11.8. The number of carboxylic acid groups (broad SMARTS) is 1. The van der Waals surface area contributed by atoms with Crippen LogP contribution in [0.1, 0.15) is 34.0 Å². The number of halogens is 9. The minimum absolute atomic E-state index is 0.00937. The van der Waals surface area contributed by atoms with E-state index in [-0.39, 0.29) is 12.1 Å². The van der Waals surface area contributed by atoms with Crippen molar-refractivity contribution in [1.82, 2.24) is 15.6 Å². The first kappa shape index (κ1) is 35.5. The number of benzene rings is 2. The Morgan fingerprint density at radius 3 is 1.86 bits per heavy atom. The summed E-state index contributed by atoms with van der Waals surface area (Å²) in [5, 5.41) is 12.1. The number of aromatic nitrogens is 1. The minimum Gasteiger partial charge on any atom is -0.497 e. The van der Waals surface area contributed by atoms with Crippen molar-refractivity contribution in [3.8, 4) is 11.5 Å². The molecule has 2 aromatic carbocycles. The van der Waals surface area contributed by atoms with Crippen LogP contribution in [0.15, 0.2) is 60.8 Å². The maximum absolute atomic E-state index is 13.7. The SMILES string of the molecule is COc1cc(CCNC(=O)N[C@@H](c2ccc(C(F)(F)F)cc2)c2ncccc2C(F)(F)F)cc(OC)c1.O=C(O)C(F)(F)F. The van der Waals surface area contributed by atoms with Crippen LogP contribution in [0.4, 0.5) is 44.3 Å². The monoisotopic (exact) mass is 641 g/mol. The predicted octanol–water partition coefficient (Wildman–Crippen LogP) is 6.40. The van der Waals surface area contributed by atoms with Gasteiger partial charge in [0.25, 0.3) is 0 Å². The van der Waals surface area contributed by atoms with Gasteiger partial charge in [-0.3, -0.25) is 4.98 Å². The fourth-order valence-electron chi connectivity index (χ4n) is 3.57. The number of aliphatic carboxylic acids is 1. The van der Waals surface area contributed by atoms with Gasteiger partial charge < -0.3 is 25.2 Å². The number of rotatable bonds is 8. The van der Waals surface area contributed by atoms with Crippen molar-refractivity contribution in [3.05, 3.63) is 88.7 Å². The molecule has 1 heterocycles. The molecule has 0 saturated heterocycles. The summed E-state index contributed by atoms with van der Waals surface area (Å²) in [4.78, 5) is 25.4. The lowest BCUT2D eigenvalue weighted by molar-refractivity contribution is -0.192. The average Bonchev–Trinajstić information content (AvgIpc) is 2.94. The van der Waals surface area contributed by atoms with E-state index in [2.05, 4.69) is 15.6 Å². The molecule has 0 aliphatic rings. The molecule has 0 aliphatic heterocycles. The Bertz CT molecular complexity index is 1390. The number of hydrogen-bond acceptors (Lipinski definition) is 5. The molecule has 3 aromatic rings. The first-order valence-corrected chi connectivity index (χ1v) is 12.1. The topological polar surface area (TPSA) is 110 Å². The van der Waals surface area contributed by atoms with Crippen molar-refractivity contribution in [2.24, 2.45) is 0 Å². The summed E-state index contributed by atoms with van der Waals surface area (Å²) in [6.07, 6.45) is -13.1. The van der Waals surface area contributed by atoms with Crippen LogP contribution >= 0.6 is 0 Å². The van der Waals surface area contributed by atoms with E-state index in [1.54, 1.807) is 18.2 Å². The van der Waals surface area contributed by atoms with Gasteiger partial charge in [-0.2, -0.15) is 39.5 Å². The van der Waals surface area contributed by atoms with Crippen molar-refractivity contribution >= 4 is 12.0 Å². The van der Waals surface area contributed by atoms with Crippen molar-refractivity contribution in [3.63, 3.8) is 0 Å². The maximum atomic E-state index is 13.7. The Hall–Kier alpha value is -4.70. The molecule has 2 amide bonds. The van der Waals surface area contributed by atoms with Gasteiger partial charge in [-0.25, -0.2) is 9.59 Å². The fraction of sp³-hybridized carbons (Fsp3) is 0.296. The molecule has 3 N–H and O–H groups in total. The van der Waals surface area contributed by atoms with Gasteiger partial charge in [-0.1, -0.05) is 12.1 Å². The second-order valence-corrected chi connectivity index (χ2v) is 8.66. The van der Waals surface area contributed by atoms with Gasteiger partial charge in [0.05, 0.1) is 37.1 Å². The summed E-state index contributed by atoms with van der Waals surface area (Å²) < 4.78 is 122. The van der Waals surface area contributed by atoms with Gasteiger partial charge in [0.1, 0.15) is 11.5 Å². The summed E-state index contributed by atoms with van der Waals surface area (Å²) in [6, 6.07) is 8.17. The van der Waals surface area contributed by atoms with E-state index in [0.717, 1.165) is 48.2 Å². The third kappa shape index (κ3) is 10.5. The third-order valence-corrected chi connectivity index (χ3v) is 5.62. The molecule has 44 heavy (non-hydrogen) atoms. The number of pyridine rings is 1. The van der Waals surface area contributed by atoms with Gasteiger partial charge in [0.2, 0.25) is 0 Å². The molecule has 1 atom stereocenters. The van der Waals surface area contributed by atoms with Gasteiger partial charge >= 0.3 is 30.5 Å². The van der Waals surface area contributed by atoms with Gasteiger partial charge in [0.15, 0.2) is 0 Å². The largest absolute Gasteiger partial charge is 0.497 e. The average molecular weight is 641 g/mol. The highest BCUT2D eigenvalue weighted by atomic mass is 19.4. The molecule has 8 nitrogen and oxygen atoms in total. The number of amides is 2. The molecule has 0 aliphatic carbocycles. The lowest BCUT2D eigenvalue weighted by Gasteiger charge is -2.23. The molecule has 1 aromatic heterocycles. The van der Waals surface area contributed by atoms with E-state index in [0.29, 0.717) is 17.9 Å². The molecule has 17 heteroatoms. The normalized spacial score (nSPS) is 12.3. The standard InChI is InChI=1S/C25H23F6N3O3.C2HF3O2/c1-36-18-12-15(13-19(14-18)37-2)9-11-33-23(35)34-21(16-5-7-17(8-6-16)24(26,27)28)22-20(25(29,30)31)4-3-10-32-22;3-2(4,5)1(6)7/h3-8,10,12-14,21H,9,11H2,1-2H3,(H2,33,34,35);(H,6,7)/t21-;/m0./s1. The highest BCUT2D eigenvalue weighted by Crippen LogP contribution is 2.36.